The van der Waals surface area contributed by atoms with Gasteiger partial charge >= 0.3 is 0 Å². The number of nitrogens with zero attached hydrogens (tertiary/aromatic N) is 1. The number of rotatable bonds is 5. The summed E-state index contributed by atoms with van der Waals surface area (Å²) in [6.45, 7) is 1.95. The van der Waals surface area contributed by atoms with Crippen molar-refractivity contribution < 1.29 is 9.59 Å². The average Bonchev–Trinajstić information content (AvgIpc) is 2.91. The summed E-state index contributed by atoms with van der Waals surface area (Å²) in [6.07, 6.45) is 1.97. The molecule has 0 aliphatic heterocycles. The third kappa shape index (κ3) is 3.93. The van der Waals surface area contributed by atoms with Gasteiger partial charge in [0.15, 0.2) is 0 Å². The summed E-state index contributed by atoms with van der Waals surface area (Å²) in [5, 5.41) is 5.36. The summed E-state index contributed by atoms with van der Waals surface area (Å²) >= 11 is 0. The molecule has 1 atom stereocenters. The smallest absolute Gasteiger partial charge is 0.251 e. The highest BCUT2D eigenvalue weighted by Crippen LogP contribution is 2.43. The lowest BCUT2D eigenvalue weighted by atomic mass is 9.67. The van der Waals surface area contributed by atoms with E-state index in [0.29, 0.717) is 36.2 Å². The minimum atomic E-state index is -0.744. The van der Waals surface area contributed by atoms with Crippen molar-refractivity contribution >= 4 is 17.6 Å². The molecule has 0 aromatic heterocycles. The van der Waals surface area contributed by atoms with Crippen LogP contribution in [0, 0.1) is 0 Å². The van der Waals surface area contributed by atoms with Crippen molar-refractivity contribution in [2.24, 2.45) is 16.5 Å². The highest BCUT2D eigenvalue weighted by atomic mass is 16.2. The molecule has 0 heterocycles. The molecule has 7 nitrogen and oxygen atoms in total. The predicted molar refractivity (Wildman–Crippen MR) is 124 cm³/mol. The van der Waals surface area contributed by atoms with Crippen LogP contribution >= 0.6 is 0 Å². The van der Waals surface area contributed by atoms with E-state index in [1.54, 1.807) is 21.1 Å². The first-order valence-electron chi connectivity index (χ1n) is 10.5. The molecule has 2 aromatic carbocycles. The first-order valence-corrected chi connectivity index (χ1v) is 10.5. The summed E-state index contributed by atoms with van der Waals surface area (Å²) in [7, 11) is 4.92. The molecule has 164 valence electrons. The van der Waals surface area contributed by atoms with Crippen molar-refractivity contribution in [3.63, 3.8) is 0 Å². The predicted octanol–water partition coefficient (Wildman–Crippen LogP) is 1.51. The van der Waals surface area contributed by atoms with Gasteiger partial charge < -0.3 is 22.1 Å². The first kappa shape index (κ1) is 22.5. The second-order valence-corrected chi connectivity index (χ2v) is 8.10. The molecule has 0 bridgehead atoms. The van der Waals surface area contributed by atoms with E-state index in [1.807, 2.05) is 43.3 Å². The number of carbonyl (C=O) groups excluding carboxylic acids is 2. The monoisotopic (exact) mass is 421 g/mol. The van der Waals surface area contributed by atoms with Gasteiger partial charge in [0.1, 0.15) is 5.84 Å². The van der Waals surface area contributed by atoms with Crippen LogP contribution in [0.3, 0.4) is 0 Å². The van der Waals surface area contributed by atoms with E-state index in [9.17, 15) is 9.59 Å². The van der Waals surface area contributed by atoms with E-state index < -0.39 is 5.41 Å². The maximum atomic E-state index is 12.3. The van der Waals surface area contributed by atoms with Crippen molar-refractivity contribution in [1.29, 1.82) is 0 Å². The maximum Gasteiger partial charge on any atom is 0.251 e. The van der Waals surface area contributed by atoms with Gasteiger partial charge in [-0.05, 0) is 72.7 Å². The second kappa shape index (κ2) is 8.89. The number of aliphatic imine (C=N–C) groups is 1. The standard InChI is InChI=1S/C24H31N5O2/c1-14(25)13-24(23(26)29-4)19-9-7-17(21(30)27-2)11-15(19)5-6-16-12-18(22(31)28-3)8-10-20(16)24/h7-12,14H,5-6,13,25H2,1-4H3,(H2,26,29)(H,27,30)(H,28,31)/t14-/m1/s1. The van der Waals surface area contributed by atoms with Crippen molar-refractivity contribution in [1.82, 2.24) is 10.6 Å². The lowest BCUT2D eigenvalue weighted by Gasteiger charge is -2.37. The van der Waals surface area contributed by atoms with Gasteiger partial charge in [-0.2, -0.15) is 0 Å². The Balaban J connectivity index is 2.34. The van der Waals surface area contributed by atoms with Crippen molar-refractivity contribution in [3.8, 4) is 0 Å². The van der Waals surface area contributed by atoms with E-state index in [-0.39, 0.29) is 17.9 Å². The number of aryl methyl sites for hydroxylation is 2. The number of hydrogen-bond acceptors (Lipinski definition) is 4. The molecule has 2 amide bonds. The highest BCUT2D eigenvalue weighted by Gasteiger charge is 2.43. The van der Waals surface area contributed by atoms with E-state index in [1.165, 1.54) is 0 Å². The van der Waals surface area contributed by atoms with Gasteiger partial charge in [0.05, 0.1) is 5.41 Å². The highest BCUT2D eigenvalue weighted by molar-refractivity contribution is 5.99. The summed E-state index contributed by atoms with van der Waals surface area (Å²) < 4.78 is 0. The molecule has 31 heavy (non-hydrogen) atoms. The van der Waals surface area contributed by atoms with E-state index >= 15 is 0 Å². The Morgan fingerprint density at radius 1 is 1.00 bits per heavy atom. The van der Waals surface area contributed by atoms with E-state index in [4.69, 9.17) is 11.5 Å². The largest absolute Gasteiger partial charge is 0.386 e. The minimum absolute atomic E-state index is 0.138. The second-order valence-electron chi connectivity index (χ2n) is 8.10. The van der Waals surface area contributed by atoms with Crippen LogP contribution in [-0.2, 0) is 18.3 Å². The van der Waals surface area contributed by atoms with Crippen LogP contribution in [0.1, 0.15) is 56.3 Å². The number of nitrogens with two attached hydrogens (primary N) is 2. The molecule has 0 spiro atoms. The van der Waals surface area contributed by atoms with E-state index in [2.05, 4.69) is 15.6 Å². The van der Waals surface area contributed by atoms with Crippen molar-refractivity contribution in [2.45, 2.75) is 37.6 Å². The summed E-state index contributed by atoms with van der Waals surface area (Å²) in [5.74, 6) is 0.192. The molecule has 2 aromatic rings. The van der Waals surface area contributed by atoms with Crippen LogP contribution in [0.5, 0.6) is 0 Å². The number of nitrogens with one attached hydrogen (secondary N) is 2. The number of benzene rings is 2. The zero-order valence-corrected chi connectivity index (χ0v) is 18.6. The molecule has 0 radical (unpaired) electrons. The van der Waals surface area contributed by atoms with Gasteiger partial charge in [-0.1, -0.05) is 12.1 Å². The average molecular weight is 422 g/mol. The Morgan fingerprint density at radius 2 is 1.45 bits per heavy atom. The molecule has 0 unspecified atom stereocenters. The molecule has 6 N–H and O–H groups in total. The lowest BCUT2D eigenvalue weighted by Crippen LogP contribution is -2.46. The fourth-order valence-corrected chi connectivity index (χ4v) is 4.69. The minimum Gasteiger partial charge on any atom is -0.386 e. The zero-order chi connectivity index (χ0) is 22.8. The van der Waals surface area contributed by atoms with Crippen molar-refractivity contribution in [3.05, 3.63) is 69.8 Å². The van der Waals surface area contributed by atoms with Crippen LogP contribution in [0.15, 0.2) is 41.4 Å². The maximum absolute atomic E-state index is 12.3. The van der Waals surface area contributed by atoms with Gasteiger partial charge in [-0.25, -0.2) is 0 Å². The van der Waals surface area contributed by atoms with E-state index in [0.717, 1.165) is 22.3 Å². The van der Waals surface area contributed by atoms with Crippen molar-refractivity contribution in [2.75, 3.05) is 21.1 Å². The number of amides is 2. The Morgan fingerprint density at radius 3 is 1.81 bits per heavy atom. The Kier molecular flexibility index (Phi) is 6.45. The molecule has 1 aliphatic carbocycles. The molecular weight excluding hydrogens is 390 g/mol. The van der Waals surface area contributed by atoms with Crippen LogP contribution in [0.25, 0.3) is 0 Å². The van der Waals surface area contributed by atoms with Crippen LogP contribution in [-0.4, -0.2) is 44.8 Å². The molecule has 0 fully saturated rings. The topological polar surface area (TPSA) is 123 Å². The zero-order valence-electron chi connectivity index (χ0n) is 18.6. The van der Waals surface area contributed by atoms with Gasteiger partial charge in [0.2, 0.25) is 0 Å². The fraction of sp³-hybridized carbons (Fsp3) is 0.375. The van der Waals surface area contributed by atoms with Gasteiger partial charge in [0, 0.05) is 38.3 Å². The van der Waals surface area contributed by atoms with Crippen LogP contribution in [0.4, 0.5) is 0 Å². The number of carbonyl (C=O) groups is 2. The Bertz CT molecular complexity index is 975. The number of amidine groups is 1. The molecule has 3 rings (SSSR count). The third-order valence-electron chi connectivity index (χ3n) is 6.08. The van der Waals surface area contributed by atoms with Crippen LogP contribution in [0.2, 0.25) is 0 Å². The Labute approximate surface area is 183 Å². The number of fused-ring (bicyclic) bond motifs is 2. The molecule has 7 heteroatoms. The molecular formula is C24H31N5O2. The SMILES string of the molecule is CN=C(N)C1(C[C@@H](C)N)c2ccc(C(=O)NC)cc2CCc2cc(C(=O)NC)ccc21. The lowest BCUT2D eigenvalue weighted by molar-refractivity contribution is 0.0955. The van der Waals surface area contributed by atoms with Gasteiger partial charge in [0.25, 0.3) is 11.8 Å². The summed E-state index contributed by atoms with van der Waals surface area (Å²) in [4.78, 5) is 28.9. The fourth-order valence-electron chi connectivity index (χ4n) is 4.69. The van der Waals surface area contributed by atoms with Gasteiger partial charge in [-0.15, -0.1) is 0 Å². The quantitative estimate of drug-likeness (QED) is 0.432. The third-order valence-corrected chi connectivity index (χ3v) is 6.08. The molecule has 0 saturated carbocycles. The van der Waals surface area contributed by atoms with Crippen LogP contribution < -0.4 is 22.1 Å². The number of hydrogen-bond donors (Lipinski definition) is 4. The summed E-state index contributed by atoms with van der Waals surface area (Å²) in [6, 6.07) is 11.3. The molecule has 1 aliphatic rings. The summed E-state index contributed by atoms with van der Waals surface area (Å²) in [5.41, 5.74) is 17.5. The van der Waals surface area contributed by atoms with Gasteiger partial charge in [-0.3, -0.25) is 14.6 Å². The Hall–Kier alpha value is -3.19. The normalized spacial score (nSPS) is 15.8. The first-order chi connectivity index (χ1) is 14.8. The molecule has 0 saturated heterocycles.